The van der Waals surface area contributed by atoms with Crippen LogP contribution in [0, 0.1) is 0 Å². The molecule has 7 heteroatoms. The van der Waals surface area contributed by atoms with Crippen molar-refractivity contribution in [2.75, 3.05) is 11.4 Å². The number of rotatable bonds is 6. The van der Waals surface area contributed by atoms with Crippen molar-refractivity contribution in [2.45, 2.75) is 26.0 Å². The summed E-state index contributed by atoms with van der Waals surface area (Å²) < 4.78 is 3.44. The number of anilines is 1. The van der Waals surface area contributed by atoms with Gasteiger partial charge in [0.2, 0.25) is 5.78 Å². The molecule has 1 unspecified atom stereocenters. The summed E-state index contributed by atoms with van der Waals surface area (Å²) in [5.41, 5.74) is 1.69. The predicted octanol–water partition coefficient (Wildman–Crippen LogP) is 2.36. The van der Waals surface area contributed by atoms with Crippen LogP contribution < -0.4 is 10.5 Å². The Kier molecular flexibility index (Phi) is 4.83. The van der Waals surface area contributed by atoms with Crippen LogP contribution in [0.2, 0.25) is 0 Å². The smallest absolute Gasteiger partial charge is 0.262 e. The number of hydrogen-bond donors (Lipinski definition) is 1. The minimum absolute atomic E-state index is 0.0941. The largest absolute Gasteiger partial charge is 0.391 e. The van der Waals surface area contributed by atoms with Gasteiger partial charge in [-0.25, -0.2) is 0 Å². The lowest BCUT2D eigenvalue weighted by atomic mass is 10.2. The summed E-state index contributed by atoms with van der Waals surface area (Å²) in [6.45, 7) is 2.91. The molecule has 0 bridgehead atoms. The number of benzene rings is 2. The number of para-hydroxylation sites is 2. The van der Waals surface area contributed by atoms with Crippen LogP contribution in [0.15, 0.2) is 59.4 Å². The standard InChI is InChI=1S/C21H23N5O2/c1-3-16(27)13-25(15-9-5-4-6-10-15)14-19-22-23-21-24(2)20(28)17-11-7-8-12-18(17)26(19)21/h4-12,16,27H,3,13-14H2,1-2H3. The molecule has 0 radical (unpaired) electrons. The molecule has 0 aliphatic heterocycles. The van der Waals surface area contributed by atoms with Gasteiger partial charge in [-0.15, -0.1) is 10.2 Å². The minimum Gasteiger partial charge on any atom is -0.391 e. The molecule has 4 aromatic rings. The number of aliphatic hydroxyl groups is 1. The minimum atomic E-state index is -0.444. The molecule has 1 atom stereocenters. The Morgan fingerprint density at radius 1 is 1.07 bits per heavy atom. The molecule has 2 heterocycles. The van der Waals surface area contributed by atoms with Gasteiger partial charge in [0.05, 0.1) is 23.6 Å². The fourth-order valence-corrected chi connectivity index (χ4v) is 3.45. The third kappa shape index (κ3) is 3.14. The Balaban J connectivity index is 1.85. The summed E-state index contributed by atoms with van der Waals surface area (Å²) >= 11 is 0. The quantitative estimate of drug-likeness (QED) is 0.558. The number of aryl methyl sites for hydroxylation is 1. The van der Waals surface area contributed by atoms with Crippen molar-refractivity contribution >= 4 is 22.4 Å². The van der Waals surface area contributed by atoms with E-state index in [0.29, 0.717) is 36.5 Å². The average Bonchev–Trinajstić information content (AvgIpc) is 3.16. The molecular weight excluding hydrogens is 354 g/mol. The van der Waals surface area contributed by atoms with Crippen LogP contribution >= 0.6 is 0 Å². The van der Waals surface area contributed by atoms with E-state index in [4.69, 9.17) is 0 Å². The molecule has 0 aliphatic carbocycles. The first-order valence-corrected chi connectivity index (χ1v) is 9.40. The van der Waals surface area contributed by atoms with E-state index < -0.39 is 6.10 Å². The van der Waals surface area contributed by atoms with E-state index in [1.807, 2.05) is 65.9 Å². The zero-order valence-corrected chi connectivity index (χ0v) is 16.0. The van der Waals surface area contributed by atoms with Crippen LogP contribution in [0.5, 0.6) is 0 Å². The number of aromatic nitrogens is 4. The van der Waals surface area contributed by atoms with Gasteiger partial charge >= 0.3 is 0 Å². The van der Waals surface area contributed by atoms with E-state index in [2.05, 4.69) is 15.1 Å². The lowest BCUT2D eigenvalue weighted by Gasteiger charge is -2.26. The number of fused-ring (bicyclic) bond motifs is 3. The van der Waals surface area contributed by atoms with Gasteiger partial charge in [-0.1, -0.05) is 37.3 Å². The maximum absolute atomic E-state index is 12.6. The molecular formula is C21H23N5O2. The van der Waals surface area contributed by atoms with E-state index in [1.165, 1.54) is 4.57 Å². The maximum Gasteiger partial charge on any atom is 0.262 e. The number of nitrogens with zero attached hydrogens (tertiary/aromatic N) is 5. The first-order valence-electron chi connectivity index (χ1n) is 9.40. The first kappa shape index (κ1) is 18.2. The third-order valence-corrected chi connectivity index (χ3v) is 5.05. The molecule has 7 nitrogen and oxygen atoms in total. The van der Waals surface area contributed by atoms with Gasteiger partial charge in [-0.2, -0.15) is 0 Å². The van der Waals surface area contributed by atoms with Gasteiger partial charge in [0, 0.05) is 19.3 Å². The fraction of sp³-hybridized carbons (Fsp3) is 0.286. The van der Waals surface area contributed by atoms with E-state index in [-0.39, 0.29) is 5.56 Å². The van der Waals surface area contributed by atoms with Crippen LogP contribution in [-0.2, 0) is 13.6 Å². The summed E-state index contributed by atoms with van der Waals surface area (Å²) in [4.78, 5) is 14.7. The average molecular weight is 377 g/mol. The molecule has 2 aromatic heterocycles. The summed E-state index contributed by atoms with van der Waals surface area (Å²) in [7, 11) is 1.71. The van der Waals surface area contributed by atoms with Crippen LogP contribution in [0.25, 0.3) is 16.7 Å². The first-order chi connectivity index (χ1) is 13.6. The van der Waals surface area contributed by atoms with Crippen molar-refractivity contribution in [1.29, 1.82) is 0 Å². The summed E-state index contributed by atoms with van der Waals surface area (Å²) in [6, 6.07) is 17.4. The molecule has 2 aromatic carbocycles. The second-order valence-electron chi connectivity index (χ2n) is 6.91. The molecule has 0 saturated carbocycles. The highest BCUT2D eigenvalue weighted by Gasteiger charge is 2.18. The molecule has 1 N–H and O–H groups in total. The van der Waals surface area contributed by atoms with Crippen molar-refractivity contribution in [3.8, 4) is 0 Å². The molecule has 0 spiro atoms. The highest BCUT2D eigenvalue weighted by Crippen LogP contribution is 2.20. The Hall–Kier alpha value is -3.19. The highest BCUT2D eigenvalue weighted by molar-refractivity contribution is 5.80. The normalized spacial score (nSPS) is 12.5. The summed E-state index contributed by atoms with van der Waals surface area (Å²) in [5, 5.41) is 19.5. The Morgan fingerprint density at radius 3 is 2.54 bits per heavy atom. The Morgan fingerprint density at radius 2 is 1.79 bits per heavy atom. The van der Waals surface area contributed by atoms with Crippen LogP contribution in [0.4, 0.5) is 5.69 Å². The van der Waals surface area contributed by atoms with E-state index >= 15 is 0 Å². The fourth-order valence-electron chi connectivity index (χ4n) is 3.45. The van der Waals surface area contributed by atoms with Gasteiger partial charge in [0.25, 0.3) is 5.56 Å². The SMILES string of the molecule is CCC(O)CN(Cc1nnc2n(C)c(=O)c3ccccc3n12)c1ccccc1. The van der Waals surface area contributed by atoms with E-state index in [0.717, 1.165) is 11.2 Å². The number of hydrogen-bond acceptors (Lipinski definition) is 5. The van der Waals surface area contributed by atoms with Gasteiger partial charge in [0.15, 0.2) is 5.82 Å². The van der Waals surface area contributed by atoms with Crippen LogP contribution in [0.1, 0.15) is 19.2 Å². The third-order valence-electron chi connectivity index (χ3n) is 5.05. The zero-order chi connectivity index (χ0) is 19.7. The highest BCUT2D eigenvalue weighted by atomic mass is 16.3. The maximum atomic E-state index is 12.6. The Bertz CT molecular complexity index is 1170. The van der Waals surface area contributed by atoms with Gasteiger partial charge in [-0.3, -0.25) is 13.8 Å². The molecule has 28 heavy (non-hydrogen) atoms. The van der Waals surface area contributed by atoms with Gasteiger partial charge in [-0.05, 0) is 30.7 Å². The van der Waals surface area contributed by atoms with Crippen molar-refractivity contribution in [3.63, 3.8) is 0 Å². The zero-order valence-electron chi connectivity index (χ0n) is 16.0. The Labute approximate surface area is 162 Å². The summed E-state index contributed by atoms with van der Waals surface area (Å²) in [5.74, 6) is 1.22. The number of aliphatic hydroxyl groups excluding tert-OH is 1. The molecule has 0 saturated heterocycles. The monoisotopic (exact) mass is 377 g/mol. The van der Waals surface area contributed by atoms with Crippen LogP contribution in [-0.4, -0.2) is 36.9 Å². The molecule has 0 amide bonds. The van der Waals surface area contributed by atoms with Crippen LogP contribution in [0.3, 0.4) is 0 Å². The van der Waals surface area contributed by atoms with Crippen molar-refractivity contribution in [2.24, 2.45) is 7.05 Å². The molecule has 144 valence electrons. The molecule has 0 aliphatic rings. The van der Waals surface area contributed by atoms with Crippen molar-refractivity contribution in [3.05, 3.63) is 70.8 Å². The van der Waals surface area contributed by atoms with E-state index in [9.17, 15) is 9.90 Å². The predicted molar refractivity (Wildman–Crippen MR) is 110 cm³/mol. The lowest BCUT2D eigenvalue weighted by Crippen LogP contribution is -2.32. The van der Waals surface area contributed by atoms with E-state index in [1.54, 1.807) is 7.05 Å². The second kappa shape index (κ2) is 7.44. The summed E-state index contributed by atoms with van der Waals surface area (Å²) in [6.07, 6.45) is 0.224. The van der Waals surface area contributed by atoms with Crippen molar-refractivity contribution < 1.29 is 5.11 Å². The van der Waals surface area contributed by atoms with Gasteiger partial charge in [0.1, 0.15) is 0 Å². The second-order valence-corrected chi connectivity index (χ2v) is 6.91. The lowest BCUT2D eigenvalue weighted by molar-refractivity contribution is 0.175. The topological polar surface area (TPSA) is 75.7 Å². The van der Waals surface area contributed by atoms with Gasteiger partial charge < -0.3 is 10.0 Å². The molecule has 0 fully saturated rings. The molecule has 4 rings (SSSR count). The van der Waals surface area contributed by atoms with Crippen molar-refractivity contribution in [1.82, 2.24) is 19.2 Å².